The summed E-state index contributed by atoms with van der Waals surface area (Å²) in [6, 6.07) is 15.8. The second kappa shape index (κ2) is 7.85. The molecule has 3 atom stereocenters. The molecule has 28 heavy (non-hydrogen) atoms. The van der Waals surface area contributed by atoms with E-state index >= 15 is 0 Å². The summed E-state index contributed by atoms with van der Waals surface area (Å²) in [4.78, 5) is 23.7. The van der Waals surface area contributed by atoms with E-state index in [0.29, 0.717) is 6.54 Å². The van der Waals surface area contributed by atoms with Crippen LogP contribution in [0.3, 0.4) is 0 Å². The van der Waals surface area contributed by atoms with Gasteiger partial charge in [0, 0.05) is 12.2 Å². The van der Waals surface area contributed by atoms with Gasteiger partial charge in [-0.1, -0.05) is 54.3 Å². The fourth-order valence-corrected chi connectivity index (χ4v) is 3.70. The molecule has 1 heterocycles. The van der Waals surface area contributed by atoms with Crippen LogP contribution in [0.4, 0.5) is 5.69 Å². The van der Waals surface area contributed by atoms with Crippen molar-refractivity contribution in [3.63, 3.8) is 0 Å². The van der Waals surface area contributed by atoms with Gasteiger partial charge in [0.2, 0.25) is 5.91 Å². The van der Waals surface area contributed by atoms with Crippen molar-refractivity contribution >= 4 is 17.5 Å². The number of anilines is 1. The number of para-hydroxylation sites is 1. The summed E-state index contributed by atoms with van der Waals surface area (Å²) in [6.07, 6.45) is 0.747. The van der Waals surface area contributed by atoms with Gasteiger partial charge >= 0.3 is 0 Å². The first kappa shape index (κ1) is 18.2. The van der Waals surface area contributed by atoms with Crippen molar-refractivity contribution in [2.75, 3.05) is 11.9 Å². The Labute approximate surface area is 163 Å². The Morgan fingerprint density at radius 1 is 1.11 bits per heavy atom. The van der Waals surface area contributed by atoms with Crippen LogP contribution in [-0.2, 0) is 16.1 Å². The Hall–Kier alpha value is -3.14. The van der Waals surface area contributed by atoms with Crippen LogP contribution in [-0.4, -0.2) is 23.6 Å². The van der Waals surface area contributed by atoms with Crippen LogP contribution in [0.2, 0.25) is 0 Å². The maximum absolute atomic E-state index is 12.1. The van der Waals surface area contributed by atoms with Crippen LogP contribution >= 0.6 is 0 Å². The van der Waals surface area contributed by atoms with E-state index in [1.54, 1.807) is 5.48 Å². The minimum absolute atomic E-state index is 0.0652. The lowest BCUT2D eigenvalue weighted by atomic mass is 9.79. The van der Waals surface area contributed by atoms with E-state index in [2.05, 4.69) is 22.5 Å². The summed E-state index contributed by atoms with van der Waals surface area (Å²) in [6.45, 7) is 1.44. The Morgan fingerprint density at radius 3 is 2.61 bits per heavy atom. The number of hydrogen-bond donors (Lipinski definition) is 4. The van der Waals surface area contributed by atoms with Crippen molar-refractivity contribution in [3.8, 4) is 11.8 Å². The fourth-order valence-electron chi connectivity index (χ4n) is 3.70. The molecule has 0 radical (unpaired) electrons. The fraction of sp³-hybridized carbons (Fsp3) is 0.273. The monoisotopic (exact) mass is 375 g/mol. The lowest BCUT2D eigenvalue weighted by molar-refractivity contribution is -0.132. The topological polar surface area (TPSA) is 90.5 Å². The summed E-state index contributed by atoms with van der Waals surface area (Å²) in [7, 11) is 0. The van der Waals surface area contributed by atoms with Crippen molar-refractivity contribution in [1.82, 2.24) is 10.8 Å². The molecule has 3 unspecified atom stereocenters. The first-order chi connectivity index (χ1) is 13.7. The molecule has 0 spiro atoms. The van der Waals surface area contributed by atoms with E-state index < -0.39 is 11.8 Å². The molecule has 0 fully saturated rings. The van der Waals surface area contributed by atoms with Crippen LogP contribution in [0, 0.1) is 17.8 Å². The van der Waals surface area contributed by atoms with Gasteiger partial charge in [-0.05, 0) is 35.7 Å². The Morgan fingerprint density at radius 2 is 1.89 bits per heavy atom. The zero-order valence-corrected chi connectivity index (χ0v) is 15.2. The lowest BCUT2D eigenvalue weighted by Crippen LogP contribution is -2.34. The van der Waals surface area contributed by atoms with Gasteiger partial charge in [0.15, 0.2) is 0 Å². The minimum Gasteiger partial charge on any atom is -0.325 e. The quantitative estimate of drug-likeness (QED) is 0.258. The third kappa shape index (κ3) is 3.50. The third-order valence-electron chi connectivity index (χ3n) is 5.31. The molecule has 1 aliphatic heterocycles. The van der Waals surface area contributed by atoms with Gasteiger partial charge in [0.05, 0.1) is 11.8 Å². The Balaban J connectivity index is 1.27. The summed E-state index contributed by atoms with van der Waals surface area (Å²) in [5.41, 5.74) is 5.74. The van der Waals surface area contributed by atoms with Crippen LogP contribution in [0.15, 0.2) is 48.5 Å². The summed E-state index contributed by atoms with van der Waals surface area (Å²) >= 11 is 0. The Bertz CT molecular complexity index is 959. The Kier molecular flexibility index (Phi) is 5.11. The molecule has 0 saturated carbocycles. The molecule has 2 aromatic carbocycles. The average molecular weight is 375 g/mol. The standard InChI is InChI=1S/C22H21N3O3/c26-21-19(17-3-1-2-4-20(17)24-21)11-12-23-13-14-5-7-15(8-6-14)16-9-10-18(16)22(27)25-28/h1-8,16,18-19,23,28H,11-13H2,(H,24,26)(H,25,27). The number of fused-ring (bicyclic) bond motifs is 1. The lowest BCUT2D eigenvalue weighted by Gasteiger charge is -2.23. The minimum atomic E-state index is -0.491. The van der Waals surface area contributed by atoms with Gasteiger partial charge in [-0.3, -0.25) is 14.8 Å². The molecule has 2 amide bonds. The number of nitrogens with one attached hydrogen (secondary N) is 3. The first-order valence-corrected chi connectivity index (χ1v) is 9.31. The van der Waals surface area contributed by atoms with Crippen LogP contribution < -0.4 is 16.1 Å². The van der Waals surface area contributed by atoms with E-state index in [1.165, 1.54) is 0 Å². The molecule has 4 N–H and O–H groups in total. The van der Waals surface area contributed by atoms with Gasteiger partial charge in [-0.2, -0.15) is 0 Å². The normalized spacial score (nSPS) is 21.8. The zero-order chi connectivity index (χ0) is 19.5. The molecule has 0 saturated heterocycles. The maximum atomic E-state index is 12.1. The van der Waals surface area contributed by atoms with Gasteiger partial charge in [0.25, 0.3) is 5.91 Å². The molecular weight excluding hydrogens is 354 g/mol. The van der Waals surface area contributed by atoms with E-state index in [1.807, 2.05) is 48.5 Å². The van der Waals surface area contributed by atoms with Gasteiger partial charge < -0.3 is 10.6 Å². The number of hydroxylamine groups is 1. The largest absolute Gasteiger partial charge is 0.325 e. The molecule has 0 bridgehead atoms. The first-order valence-electron chi connectivity index (χ1n) is 9.31. The number of amides is 2. The second-order valence-corrected chi connectivity index (χ2v) is 7.06. The van der Waals surface area contributed by atoms with Crippen molar-refractivity contribution < 1.29 is 14.8 Å². The van der Waals surface area contributed by atoms with E-state index in [9.17, 15) is 9.59 Å². The van der Waals surface area contributed by atoms with Gasteiger partial charge in [-0.25, -0.2) is 5.48 Å². The molecule has 142 valence electrons. The maximum Gasteiger partial charge on any atom is 0.260 e. The van der Waals surface area contributed by atoms with Gasteiger partial charge in [0.1, 0.15) is 5.92 Å². The third-order valence-corrected chi connectivity index (χ3v) is 5.31. The van der Waals surface area contributed by atoms with Crippen molar-refractivity contribution in [2.24, 2.45) is 5.92 Å². The molecule has 6 heteroatoms. The van der Waals surface area contributed by atoms with Crippen molar-refractivity contribution in [2.45, 2.75) is 24.8 Å². The number of carbonyl (C=O) groups excluding carboxylic acids is 2. The summed E-state index contributed by atoms with van der Waals surface area (Å²) < 4.78 is 0. The number of benzene rings is 2. The van der Waals surface area contributed by atoms with E-state index in [0.717, 1.165) is 35.3 Å². The summed E-state index contributed by atoms with van der Waals surface area (Å²) in [5, 5.41) is 15.1. The predicted octanol–water partition coefficient (Wildman–Crippen LogP) is 2.12. The van der Waals surface area contributed by atoms with Crippen molar-refractivity contribution in [1.29, 1.82) is 0 Å². The van der Waals surface area contributed by atoms with E-state index in [4.69, 9.17) is 5.21 Å². The number of carbonyl (C=O) groups is 2. The molecule has 1 aliphatic carbocycles. The average Bonchev–Trinajstić information content (AvgIpc) is 3.00. The smallest absolute Gasteiger partial charge is 0.260 e. The molecule has 0 aromatic heterocycles. The van der Waals surface area contributed by atoms with Crippen LogP contribution in [0.25, 0.3) is 0 Å². The van der Waals surface area contributed by atoms with Crippen molar-refractivity contribution in [3.05, 3.63) is 65.2 Å². The molecule has 6 nitrogen and oxygen atoms in total. The molecular formula is C22H21N3O3. The highest BCUT2D eigenvalue weighted by Gasteiger charge is 2.32. The van der Waals surface area contributed by atoms with E-state index in [-0.39, 0.29) is 17.7 Å². The number of hydrogen-bond acceptors (Lipinski definition) is 4. The van der Waals surface area contributed by atoms with Gasteiger partial charge in [-0.15, -0.1) is 0 Å². The second-order valence-electron chi connectivity index (χ2n) is 7.06. The summed E-state index contributed by atoms with van der Waals surface area (Å²) in [5.74, 6) is 4.58. The predicted molar refractivity (Wildman–Crippen MR) is 105 cm³/mol. The molecule has 2 aliphatic rings. The highest BCUT2D eigenvalue weighted by atomic mass is 16.5. The molecule has 4 rings (SSSR count). The molecule has 2 aromatic rings. The van der Waals surface area contributed by atoms with Crippen LogP contribution in [0.5, 0.6) is 0 Å². The number of rotatable bonds is 7. The zero-order valence-electron chi connectivity index (χ0n) is 15.2. The highest BCUT2D eigenvalue weighted by molar-refractivity contribution is 6.02. The highest BCUT2D eigenvalue weighted by Crippen LogP contribution is 2.34. The SMILES string of the molecule is O=C1Nc2ccccc2C1CCNCc1ccc(C2C#CC2C(=O)NO)cc1. The van der Waals surface area contributed by atoms with Crippen LogP contribution in [0.1, 0.15) is 34.9 Å².